The highest BCUT2D eigenvalue weighted by Crippen LogP contribution is 2.32. The van der Waals surface area contributed by atoms with Crippen LogP contribution in [0.5, 0.6) is 0 Å². The SMILES string of the molecule is Cc1nn(Cc2ccc(C(=O)NCCc3ccccc3)cc2)c(C)c1NC(=O)c1cc(C(F)(F)F)nc2ccc(Br)cc12. The maximum Gasteiger partial charge on any atom is 0.433 e. The molecule has 0 spiro atoms. The number of carbonyl (C=O) groups excluding carboxylic acids is 2. The highest BCUT2D eigenvalue weighted by molar-refractivity contribution is 9.10. The lowest BCUT2D eigenvalue weighted by molar-refractivity contribution is -0.141. The van der Waals surface area contributed by atoms with Gasteiger partial charge < -0.3 is 10.6 Å². The molecule has 7 nitrogen and oxygen atoms in total. The lowest BCUT2D eigenvalue weighted by atomic mass is 10.1. The zero-order valence-corrected chi connectivity index (χ0v) is 24.9. The fraction of sp³-hybridized carbons (Fsp3) is 0.188. The van der Waals surface area contributed by atoms with Crippen LogP contribution in [0.2, 0.25) is 0 Å². The van der Waals surface area contributed by atoms with E-state index in [1.807, 2.05) is 42.5 Å². The molecule has 0 unspecified atom stereocenters. The van der Waals surface area contributed by atoms with Crippen molar-refractivity contribution in [2.45, 2.75) is 33.0 Å². The first-order valence-electron chi connectivity index (χ1n) is 13.4. The summed E-state index contributed by atoms with van der Waals surface area (Å²) in [6.45, 7) is 4.37. The number of halogens is 4. The number of aryl methyl sites for hydroxylation is 1. The predicted molar refractivity (Wildman–Crippen MR) is 162 cm³/mol. The lowest BCUT2D eigenvalue weighted by Gasteiger charge is -2.13. The smallest absolute Gasteiger partial charge is 0.352 e. The van der Waals surface area contributed by atoms with Gasteiger partial charge in [-0.05, 0) is 67.8 Å². The van der Waals surface area contributed by atoms with E-state index in [2.05, 4.69) is 36.6 Å². The Kier molecular flexibility index (Phi) is 8.63. The minimum atomic E-state index is -4.72. The zero-order valence-electron chi connectivity index (χ0n) is 23.3. The standard InChI is InChI=1S/C32H27BrF3N5O2/c1-19-29(39-31(43)26-17-28(32(34,35)36)38-27-13-12-24(33)16-25(26)27)20(2)41(40-19)18-22-8-10-23(11-9-22)30(42)37-15-14-21-6-4-3-5-7-21/h3-13,16-17H,14-15,18H2,1-2H3,(H,37,42)(H,39,43). The van der Waals surface area contributed by atoms with Gasteiger partial charge in [0.2, 0.25) is 0 Å². The van der Waals surface area contributed by atoms with Gasteiger partial charge in [-0.2, -0.15) is 18.3 Å². The number of carbonyl (C=O) groups is 2. The first-order valence-corrected chi connectivity index (χ1v) is 14.2. The summed E-state index contributed by atoms with van der Waals surface area (Å²) >= 11 is 3.31. The summed E-state index contributed by atoms with van der Waals surface area (Å²) in [6, 6.07) is 22.4. The Bertz CT molecular complexity index is 1800. The van der Waals surface area contributed by atoms with Crippen molar-refractivity contribution < 1.29 is 22.8 Å². The minimum Gasteiger partial charge on any atom is -0.352 e. The third kappa shape index (κ3) is 6.94. The number of alkyl halides is 3. The van der Waals surface area contributed by atoms with Crippen LogP contribution in [-0.2, 0) is 19.1 Å². The molecule has 43 heavy (non-hydrogen) atoms. The maximum atomic E-state index is 13.6. The normalized spacial score (nSPS) is 11.5. The number of aromatic nitrogens is 3. The molecule has 5 aromatic rings. The largest absolute Gasteiger partial charge is 0.433 e. The topological polar surface area (TPSA) is 88.9 Å². The van der Waals surface area contributed by atoms with Crippen molar-refractivity contribution in [3.05, 3.63) is 123 Å². The lowest BCUT2D eigenvalue weighted by Crippen LogP contribution is -2.25. The quantitative estimate of drug-likeness (QED) is 0.188. The monoisotopic (exact) mass is 649 g/mol. The van der Waals surface area contributed by atoms with Crippen molar-refractivity contribution in [2.24, 2.45) is 0 Å². The molecule has 0 bridgehead atoms. The van der Waals surface area contributed by atoms with E-state index >= 15 is 0 Å². The van der Waals surface area contributed by atoms with Gasteiger partial charge in [0.1, 0.15) is 5.69 Å². The maximum absolute atomic E-state index is 13.6. The average Bonchev–Trinajstić information content (AvgIpc) is 3.24. The van der Waals surface area contributed by atoms with Crippen LogP contribution in [0.1, 0.15) is 48.9 Å². The molecule has 2 heterocycles. The second-order valence-corrected chi connectivity index (χ2v) is 11.0. The van der Waals surface area contributed by atoms with Crippen molar-refractivity contribution in [1.82, 2.24) is 20.1 Å². The Morgan fingerprint density at radius 2 is 1.63 bits per heavy atom. The van der Waals surface area contributed by atoms with E-state index < -0.39 is 17.8 Å². The van der Waals surface area contributed by atoms with Crippen molar-refractivity contribution in [3.8, 4) is 0 Å². The summed E-state index contributed by atoms with van der Waals surface area (Å²) in [4.78, 5) is 29.6. The molecule has 2 amide bonds. The summed E-state index contributed by atoms with van der Waals surface area (Å²) in [6.07, 6.45) is -3.98. The van der Waals surface area contributed by atoms with Crippen molar-refractivity contribution in [3.63, 3.8) is 0 Å². The Balaban J connectivity index is 1.29. The number of benzene rings is 3. The van der Waals surface area contributed by atoms with E-state index in [0.717, 1.165) is 23.6 Å². The van der Waals surface area contributed by atoms with Crippen LogP contribution in [0.15, 0.2) is 83.3 Å². The van der Waals surface area contributed by atoms with E-state index in [9.17, 15) is 22.8 Å². The van der Waals surface area contributed by atoms with Crippen LogP contribution in [0.3, 0.4) is 0 Å². The molecule has 0 radical (unpaired) electrons. The van der Waals surface area contributed by atoms with Gasteiger partial charge in [-0.25, -0.2) is 4.98 Å². The van der Waals surface area contributed by atoms with Gasteiger partial charge in [0.15, 0.2) is 0 Å². The van der Waals surface area contributed by atoms with Gasteiger partial charge in [0.05, 0.1) is 34.7 Å². The highest BCUT2D eigenvalue weighted by Gasteiger charge is 2.34. The number of rotatable bonds is 8. The number of nitrogens with one attached hydrogen (secondary N) is 2. The summed E-state index contributed by atoms with van der Waals surface area (Å²) in [5.41, 5.74) is 2.87. The number of nitrogens with zero attached hydrogens (tertiary/aromatic N) is 3. The van der Waals surface area contributed by atoms with E-state index in [0.29, 0.717) is 40.2 Å². The Morgan fingerprint density at radius 1 is 0.907 bits per heavy atom. The van der Waals surface area contributed by atoms with Crippen LogP contribution in [0, 0.1) is 13.8 Å². The summed E-state index contributed by atoms with van der Waals surface area (Å²) in [7, 11) is 0. The van der Waals surface area contributed by atoms with Crippen LogP contribution < -0.4 is 10.6 Å². The van der Waals surface area contributed by atoms with Crippen LogP contribution >= 0.6 is 15.9 Å². The molecule has 0 fully saturated rings. The van der Waals surface area contributed by atoms with Gasteiger partial charge in [-0.1, -0.05) is 58.4 Å². The van der Waals surface area contributed by atoms with Crippen molar-refractivity contribution >= 4 is 44.3 Å². The molecular formula is C32H27BrF3N5O2. The van der Waals surface area contributed by atoms with Crippen LogP contribution in [-0.4, -0.2) is 33.1 Å². The van der Waals surface area contributed by atoms with E-state index in [1.165, 1.54) is 6.07 Å². The summed E-state index contributed by atoms with van der Waals surface area (Å²) in [5, 5.41) is 10.5. The molecule has 0 saturated carbocycles. The average molecular weight is 650 g/mol. The summed E-state index contributed by atoms with van der Waals surface area (Å²) < 4.78 is 43.0. The molecule has 0 saturated heterocycles. The van der Waals surface area contributed by atoms with Gasteiger partial charge in [-0.3, -0.25) is 14.3 Å². The fourth-order valence-electron chi connectivity index (χ4n) is 4.75. The van der Waals surface area contributed by atoms with Crippen LogP contribution in [0.4, 0.5) is 18.9 Å². The minimum absolute atomic E-state index is 0.0561. The highest BCUT2D eigenvalue weighted by atomic mass is 79.9. The molecule has 0 aliphatic heterocycles. The number of hydrogen-bond acceptors (Lipinski definition) is 4. The van der Waals surface area contributed by atoms with Gasteiger partial charge in [0, 0.05) is 22.0 Å². The van der Waals surface area contributed by atoms with E-state index in [4.69, 9.17) is 0 Å². The molecule has 2 aromatic heterocycles. The zero-order chi connectivity index (χ0) is 30.7. The van der Waals surface area contributed by atoms with Crippen molar-refractivity contribution in [2.75, 3.05) is 11.9 Å². The second kappa shape index (κ2) is 12.4. The molecule has 0 aliphatic carbocycles. The number of pyridine rings is 1. The van der Waals surface area contributed by atoms with Crippen molar-refractivity contribution in [1.29, 1.82) is 0 Å². The number of hydrogen-bond donors (Lipinski definition) is 2. The molecular weight excluding hydrogens is 623 g/mol. The van der Waals surface area contributed by atoms with Crippen LogP contribution in [0.25, 0.3) is 10.9 Å². The number of fused-ring (bicyclic) bond motifs is 1. The molecule has 0 atom stereocenters. The summed E-state index contributed by atoms with van der Waals surface area (Å²) in [5.74, 6) is -0.868. The first kappa shape index (κ1) is 30.0. The molecule has 5 rings (SSSR count). The molecule has 3 aromatic carbocycles. The van der Waals surface area contributed by atoms with Gasteiger partial charge in [0.25, 0.3) is 11.8 Å². The molecule has 0 aliphatic rings. The van der Waals surface area contributed by atoms with E-state index in [1.54, 1.807) is 42.8 Å². The second-order valence-electron chi connectivity index (χ2n) is 10.1. The van der Waals surface area contributed by atoms with Gasteiger partial charge in [-0.15, -0.1) is 0 Å². The number of anilines is 1. The van der Waals surface area contributed by atoms with Gasteiger partial charge >= 0.3 is 6.18 Å². The third-order valence-electron chi connectivity index (χ3n) is 7.02. The molecule has 11 heteroatoms. The first-order chi connectivity index (χ1) is 20.5. The third-order valence-corrected chi connectivity index (χ3v) is 7.51. The molecule has 220 valence electrons. The fourth-order valence-corrected chi connectivity index (χ4v) is 5.11. The van der Waals surface area contributed by atoms with E-state index in [-0.39, 0.29) is 22.4 Å². The Labute approximate surface area is 254 Å². The number of amides is 2. The predicted octanol–water partition coefficient (Wildman–Crippen LogP) is 7.10. The Hall–Kier alpha value is -4.51. The molecule has 2 N–H and O–H groups in total. The Morgan fingerprint density at radius 3 is 2.33 bits per heavy atom.